The Morgan fingerprint density at radius 1 is 1.33 bits per heavy atom. The SMILES string of the molecule is C=CCOc1cc(Cl)c(Cl)cc1C(NC(=O)C(F)(F)F)C1CCN(S(C)(=O)=O)CC1. The fourth-order valence-corrected chi connectivity index (χ4v) is 4.47. The number of carbonyl (C=O) groups is 1. The molecule has 1 aliphatic rings. The van der Waals surface area contributed by atoms with Crippen molar-refractivity contribution in [1.82, 2.24) is 9.62 Å². The summed E-state index contributed by atoms with van der Waals surface area (Å²) >= 11 is 12.1. The van der Waals surface area contributed by atoms with Crippen molar-refractivity contribution in [2.75, 3.05) is 26.0 Å². The van der Waals surface area contributed by atoms with Crippen molar-refractivity contribution in [2.24, 2.45) is 5.92 Å². The van der Waals surface area contributed by atoms with Crippen LogP contribution in [0.1, 0.15) is 24.4 Å². The summed E-state index contributed by atoms with van der Waals surface area (Å²) in [5, 5.41) is 2.23. The van der Waals surface area contributed by atoms with Crippen molar-refractivity contribution in [3.63, 3.8) is 0 Å². The quantitative estimate of drug-likeness (QED) is 0.589. The van der Waals surface area contributed by atoms with E-state index in [1.54, 1.807) is 0 Å². The van der Waals surface area contributed by atoms with Crippen LogP contribution in [0.3, 0.4) is 0 Å². The van der Waals surface area contributed by atoms with E-state index in [2.05, 4.69) is 6.58 Å². The van der Waals surface area contributed by atoms with Crippen LogP contribution in [0.5, 0.6) is 5.75 Å². The van der Waals surface area contributed by atoms with Gasteiger partial charge in [0.15, 0.2) is 0 Å². The van der Waals surface area contributed by atoms with Gasteiger partial charge in [-0.3, -0.25) is 4.79 Å². The molecule has 1 unspecified atom stereocenters. The molecular formula is C18H21Cl2F3N2O4S. The normalized spacial score (nSPS) is 17.4. The van der Waals surface area contributed by atoms with E-state index in [9.17, 15) is 26.4 Å². The summed E-state index contributed by atoms with van der Waals surface area (Å²) in [4.78, 5) is 11.7. The number of rotatable bonds is 7. The van der Waals surface area contributed by atoms with E-state index in [0.717, 1.165) is 6.26 Å². The lowest BCUT2D eigenvalue weighted by Crippen LogP contribution is -2.45. The Bertz CT molecular complexity index is 901. The van der Waals surface area contributed by atoms with E-state index >= 15 is 0 Å². The second kappa shape index (κ2) is 9.76. The zero-order valence-electron chi connectivity index (χ0n) is 16.0. The molecule has 6 nitrogen and oxygen atoms in total. The van der Waals surface area contributed by atoms with Crippen molar-refractivity contribution in [2.45, 2.75) is 25.1 Å². The zero-order valence-corrected chi connectivity index (χ0v) is 18.3. The molecule has 1 heterocycles. The van der Waals surface area contributed by atoms with Crippen molar-refractivity contribution < 1.29 is 31.1 Å². The van der Waals surface area contributed by atoms with Gasteiger partial charge in [-0.05, 0) is 24.8 Å². The minimum Gasteiger partial charge on any atom is -0.489 e. The Kier molecular flexibility index (Phi) is 8.06. The Balaban J connectivity index is 2.43. The highest BCUT2D eigenvalue weighted by Gasteiger charge is 2.42. The molecule has 1 saturated heterocycles. The maximum Gasteiger partial charge on any atom is 0.471 e. The van der Waals surface area contributed by atoms with Gasteiger partial charge < -0.3 is 10.1 Å². The van der Waals surface area contributed by atoms with E-state index in [-0.39, 0.29) is 53.9 Å². The highest BCUT2D eigenvalue weighted by Crippen LogP contribution is 2.40. The number of sulfonamides is 1. The molecule has 0 aliphatic carbocycles. The van der Waals surface area contributed by atoms with Gasteiger partial charge in [-0.2, -0.15) is 13.2 Å². The summed E-state index contributed by atoms with van der Waals surface area (Å²) in [6.07, 6.45) is -2.12. The van der Waals surface area contributed by atoms with Gasteiger partial charge in [0.2, 0.25) is 10.0 Å². The van der Waals surface area contributed by atoms with Gasteiger partial charge in [0.25, 0.3) is 0 Å². The average molecular weight is 489 g/mol. The molecule has 1 amide bonds. The highest BCUT2D eigenvalue weighted by atomic mass is 35.5. The van der Waals surface area contributed by atoms with E-state index in [1.165, 1.54) is 22.5 Å². The van der Waals surface area contributed by atoms with Crippen LogP contribution in [0.25, 0.3) is 0 Å². The molecular weight excluding hydrogens is 468 g/mol. The van der Waals surface area contributed by atoms with Crippen LogP contribution in [0, 0.1) is 5.92 Å². The van der Waals surface area contributed by atoms with Crippen LogP contribution in [0.15, 0.2) is 24.8 Å². The third-order valence-electron chi connectivity index (χ3n) is 4.73. The predicted molar refractivity (Wildman–Crippen MR) is 108 cm³/mol. The summed E-state index contributed by atoms with van der Waals surface area (Å²) in [5.74, 6) is -2.45. The van der Waals surface area contributed by atoms with E-state index < -0.39 is 34.1 Å². The molecule has 1 atom stereocenters. The molecule has 168 valence electrons. The number of carbonyl (C=O) groups excluding carboxylic acids is 1. The molecule has 0 saturated carbocycles. The number of ether oxygens (including phenoxy) is 1. The molecule has 1 aliphatic heterocycles. The fourth-order valence-electron chi connectivity index (χ4n) is 3.27. The predicted octanol–water partition coefficient (Wildman–Crippen LogP) is 3.95. The van der Waals surface area contributed by atoms with Crippen molar-refractivity contribution >= 4 is 39.1 Å². The molecule has 1 fully saturated rings. The third kappa shape index (κ3) is 6.26. The van der Waals surface area contributed by atoms with Crippen molar-refractivity contribution in [1.29, 1.82) is 0 Å². The number of nitrogens with zero attached hydrogens (tertiary/aromatic N) is 1. The molecule has 30 heavy (non-hydrogen) atoms. The smallest absolute Gasteiger partial charge is 0.471 e. The van der Waals surface area contributed by atoms with Crippen molar-refractivity contribution in [3.8, 4) is 5.75 Å². The highest BCUT2D eigenvalue weighted by molar-refractivity contribution is 7.88. The number of halogens is 5. The largest absolute Gasteiger partial charge is 0.489 e. The standard InChI is InChI=1S/C18H21Cl2F3N2O4S/c1-3-8-29-15-10-14(20)13(19)9-12(15)16(24-17(26)18(21,22)23)11-4-6-25(7-5-11)30(2,27)28/h3,9-11,16H,1,4-8H2,2H3,(H,24,26). The molecule has 1 aromatic rings. The summed E-state index contributed by atoms with van der Waals surface area (Å²) in [5.41, 5.74) is 0.224. The van der Waals surface area contributed by atoms with Gasteiger partial charge >= 0.3 is 12.1 Å². The van der Waals surface area contributed by atoms with Gasteiger partial charge in [0.05, 0.1) is 22.3 Å². The molecule has 1 aromatic carbocycles. The molecule has 0 aromatic heterocycles. The van der Waals surface area contributed by atoms with Gasteiger partial charge in [-0.1, -0.05) is 35.9 Å². The Morgan fingerprint density at radius 3 is 2.40 bits per heavy atom. The molecule has 12 heteroatoms. The van der Waals surface area contributed by atoms with Crippen LogP contribution in [0.2, 0.25) is 10.0 Å². The Hall–Kier alpha value is -1.49. The lowest BCUT2D eigenvalue weighted by atomic mass is 9.85. The Morgan fingerprint density at radius 2 is 1.90 bits per heavy atom. The van der Waals surface area contributed by atoms with Crippen LogP contribution in [0.4, 0.5) is 13.2 Å². The topological polar surface area (TPSA) is 75.7 Å². The number of hydrogen-bond acceptors (Lipinski definition) is 4. The molecule has 2 rings (SSSR count). The summed E-state index contributed by atoms with van der Waals surface area (Å²) in [7, 11) is -3.43. The number of hydrogen-bond donors (Lipinski definition) is 1. The van der Waals surface area contributed by atoms with Gasteiger partial charge in [-0.25, -0.2) is 12.7 Å². The lowest BCUT2D eigenvalue weighted by molar-refractivity contribution is -0.175. The Labute approximate surface area is 183 Å². The number of alkyl halides is 3. The summed E-state index contributed by atoms with van der Waals surface area (Å²) < 4.78 is 69.2. The van der Waals surface area contributed by atoms with E-state index in [4.69, 9.17) is 27.9 Å². The number of piperidine rings is 1. The van der Waals surface area contributed by atoms with Crippen LogP contribution in [-0.2, 0) is 14.8 Å². The van der Waals surface area contributed by atoms with Crippen LogP contribution >= 0.6 is 23.2 Å². The number of amides is 1. The minimum atomic E-state index is -5.09. The van der Waals surface area contributed by atoms with Gasteiger partial charge in [0.1, 0.15) is 12.4 Å². The molecule has 0 radical (unpaired) electrons. The second-order valence-corrected chi connectivity index (χ2v) is 9.65. The second-order valence-electron chi connectivity index (χ2n) is 6.85. The van der Waals surface area contributed by atoms with Gasteiger partial charge in [0, 0.05) is 24.7 Å². The van der Waals surface area contributed by atoms with Crippen LogP contribution in [-0.4, -0.2) is 50.8 Å². The van der Waals surface area contributed by atoms with E-state index in [1.807, 2.05) is 5.32 Å². The monoisotopic (exact) mass is 488 g/mol. The van der Waals surface area contributed by atoms with Crippen molar-refractivity contribution in [3.05, 3.63) is 40.4 Å². The number of benzene rings is 1. The third-order valence-corrected chi connectivity index (χ3v) is 6.75. The fraction of sp³-hybridized carbons (Fsp3) is 0.500. The van der Waals surface area contributed by atoms with Gasteiger partial charge in [-0.15, -0.1) is 0 Å². The maximum absolute atomic E-state index is 13.0. The first-order valence-electron chi connectivity index (χ1n) is 8.90. The summed E-state index contributed by atoms with van der Waals surface area (Å²) in [6.45, 7) is 3.81. The maximum atomic E-state index is 13.0. The molecule has 0 spiro atoms. The summed E-state index contributed by atoms with van der Waals surface area (Å²) in [6, 6.07) is 1.60. The average Bonchev–Trinajstić information content (AvgIpc) is 2.65. The zero-order chi connectivity index (χ0) is 22.7. The van der Waals surface area contributed by atoms with E-state index in [0.29, 0.717) is 0 Å². The number of nitrogens with one attached hydrogen (secondary N) is 1. The first-order valence-corrected chi connectivity index (χ1v) is 11.5. The molecule has 0 bridgehead atoms. The minimum absolute atomic E-state index is 0.0530. The molecule has 1 N–H and O–H groups in total. The van der Waals surface area contributed by atoms with Crippen LogP contribution < -0.4 is 10.1 Å². The first kappa shape index (κ1) is 24.8. The first-order chi connectivity index (χ1) is 13.8. The lowest BCUT2D eigenvalue weighted by Gasteiger charge is -2.36.